The summed E-state index contributed by atoms with van der Waals surface area (Å²) in [5, 5.41) is 3.40. The van der Waals surface area contributed by atoms with Gasteiger partial charge in [-0.1, -0.05) is 54.8 Å². The SMILES string of the molecule is CCCCNC(=O)[C@@H](C)N(Cc1ccc(Cl)cc1)C(=O)CN(c1ccc(OC)c(OC)c1)S(=O)(=O)c1ccc(C)cc1. The molecule has 0 fully saturated rings. The summed E-state index contributed by atoms with van der Waals surface area (Å²) < 4.78 is 39.8. The molecule has 2 amide bonds. The number of benzene rings is 3. The molecule has 0 radical (unpaired) electrons. The second kappa shape index (κ2) is 14.9. The first-order chi connectivity index (χ1) is 20.0. The summed E-state index contributed by atoms with van der Waals surface area (Å²) in [5.74, 6) is -0.186. The molecule has 11 heteroatoms. The molecule has 0 saturated heterocycles. The lowest BCUT2D eigenvalue weighted by Crippen LogP contribution is -2.51. The molecule has 1 N–H and O–H groups in total. The van der Waals surface area contributed by atoms with Crippen molar-refractivity contribution in [3.8, 4) is 11.5 Å². The molecular weight excluding hydrogens is 578 g/mol. The predicted octanol–water partition coefficient (Wildman–Crippen LogP) is 5.19. The molecule has 1 atom stereocenters. The third kappa shape index (κ3) is 8.17. The molecule has 0 saturated carbocycles. The molecule has 0 heterocycles. The lowest BCUT2D eigenvalue weighted by Gasteiger charge is -2.32. The first-order valence-electron chi connectivity index (χ1n) is 13.6. The Morgan fingerprint density at radius 1 is 0.952 bits per heavy atom. The van der Waals surface area contributed by atoms with Gasteiger partial charge in [-0.25, -0.2) is 8.42 Å². The number of nitrogens with one attached hydrogen (secondary N) is 1. The van der Waals surface area contributed by atoms with Crippen molar-refractivity contribution in [2.45, 2.75) is 51.1 Å². The molecule has 226 valence electrons. The lowest BCUT2D eigenvalue weighted by molar-refractivity contribution is -0.139. The predicted molar refractivity (Wildman–Crippen MR) is 165 cm³/mol. The molecule has 0 unspecified atom stereocenters. The Hall–Kier alpha value is -3.76. The van der Waals surface area contributed by atoms with E-state index in [4.69, 9.17) is 21.1 Å². The van der Waals surface area contributed by atoms with Crippen LogP contribution in [-0.4, -0.2) is 58.5 Å². The Morgan fingerprint density at radius 2 is 1.60 bits per heavy atom. The van der Waals surface area contributed by atoms with E-state index in [2.05, 4.69) is 5.32 Å². The van der Waals surface area contributed by atoms with E-state index in [1.807, 2.05) is 13.8 Å². The number of rotatable bonds is 14. The van der Waals surface area contributed by atoms with Crippen molar-refractivity contribution >= 4 is 39.1 Å². The summed E-state index contributed by atoms with van der Waals surface area (Å²) in [6, 6.07) is 17.0. The zero-order valence-electron chi connectivity index (χ0n) is 24.6. The average Bonchev–Trinajstić information content (AvgIpc) is 2.98. The Labute approximate surface area is 253 Å². The van der Waals surface area contributed by atoms with E-state index in [0.29, 0.717) is 23.1 Å². The zero-order chi connectivity index (χ0) is 30.9. The van der Waals surface area contributed by atoms with Gasteiger partial charge in [0, 0.05) is 24.2 Å². The molecule has 0 aliphatic carbocycles. The quantitative estimate of drug-likeness (QED) is 0.250. The first kappa shape index (κ1) is 32.8. The monoisotopic (exact) mass is 615 g/mol. The van der Waals surface area contributed by atoms with Crippen LogP contribution >= 0.6 is 11.6 Å². The van der Waals surface area contributed by atoms with Gasteiger partial charge in [-0.2, -0.15) is 0 Å². The molecule has 0 bridgehead atoms. The maximum absolute atomic E-state index is 14.0. The standard InChI is InChI=1S/C31H38ClN3O6S/c1-6-7-18-33-31(37)23(3)34(20-24-10-12-25(32)13-11-24)30(36)21-35(26-14-17-28(40-4)29(19-26)41-5)42(38,39)27-15-8-22(2)9-16-27/h8-17,19,23H,6-7,18,20-21H2,1-5H3,(H,33,37)/t23-/m1/s1. The van der Waals surface area contributed by atoms with Crippen LogP contribution in [-0.2, 0) is 26.2 Å². The van der Waals surface area contributed by atoms with Gasteiger partial charge >= 0.3 is 0 Å². The Kier molecular flexibility index (Phi) is 11.6. The topological polar surface area (TPSA) is 105 Å². The number of ether oxygens (including phenoxy) is 2. The van der Waals surface area contributed by atoms with E-state index in [1.165, 1.54) is 37.3 Å². The summed E-state index contributed by atoms with van der Waals surface area (Å²) in [4.78, 5) is 28.5. The third-order valence-electron chi connectivity index (χ3n) is 6.81. The van der Waals surface area contributed by atoms with Gasteiger partial charge in [-0.05, 0) is 62.2 Å². The van der Waals surface area contributed by atoms with Crippen LogP contribution in [0.4, 0.5) is 5.69 Å². The van der Waals surface area contributed by atoms with Gasteiger partial charge in [0.05, 0.1) is 24.8 Å². The number of hydrogen-bond donors (Lipinski definition) is 1. The van der Waals surface area contributed by atoms with Crippen molar-refractivity contribution in [3.05, 3.63) is 82.9 Å². The lowest BCUT2D eigenvalue weighted by atomic mass is 10.1. The van der Waals surface area contributed by atoms with Crippen LogP contribution in [0.3, 0.4) is 0 Å². The van der Waals surface area contributed by atoms with Gasteiger partial charge in [0.15, 0.2) is 11.5 Å². The molecule has 3 rings (SSSR count). The Morgan fingerprint density at radius 3 is 2.19 bits per heavy atom. The number of methoxy groups -OCH3 is 2. The van der Waals surface area contributed by atoms with Gasteiger partial charge < -0.3 is 19.7 Å². The largest absolute Gasteiger partial charge is 0.493 e. The fourth-order valence-corrected chi connectivity index (χ4v) is 5.78. The number of halogens is 1. The highest BCUT2D eigenvalue weighted by Gasteiger charge is 2.33. The molecule has 42 heavy (non-hydrogen) atoms. The first-order valence-corrected chi connectivity index (χ1v) is 15.5. The number of anilines is 1. The number of carbonyl (C=O) groups excluding carboxylic acids is 2. The second-order valence-corrected chi connectivity index (χ2v) is 12.1. The number of aryl methyl sites for hydroxylation is 1. The molecule has 0 aliphatic heterocycles. The van der Waals surface area contributed by atoms with Gasteiger partial charge in [-0.15, -0.1) is 0 Å². The summed E-state index contributed by atoms with van der Waals surface area (Å²) in [7, 11) is -1.30. The van der Waals surface area contributed by atoms with Crippen LogP contribution in [0.2, 0.25) is 5.02 Å². The van der Waals surface area contributed by atoms with E-state index >= 15 is 0 Å². The van der Waals surface area contributed by atoms with E-state index in [-0.39, 0.29) is 23.0 Å². The normalized spacial score (nSPS) is 11.9. The van der Waals surface area contributed by atoms with Gasteiger partial charge in [-0.3, -0.25) is 13.9 Å². The number of carbonyl (C=O) groups is 2. The molecule has 9 nitrogen and oxygen atoms in total. The summed E-state index contributed by atoms with van der Waals surface area (Å²) in [5.41, 5.74) is 1.83. The zero-order valence-corrected chi connectivity index (χ0v) is 26.2. The second-order valence-electron chi connectivity index (χ2n) is 9.83. The number of hydrogen-bond acceptors (Lipinski definition) is 6. The van der Waals surface area contributed by atoms with Crippen molar-refractivity contribution in [1.82, 2.24) is 10.2 Å². The fourth-order valence-electron chi connectivity index (χ4n) is 4.25. The van der Waals surface area contributed by atoms with Gasteiger partial charge in [0.25, 0.3) is 10.0 Å². The highest BCUT2D eigenvalue weighted by molar-refractivity contribution is 7.92. The van der Waals surface area contributed by atoms with Crippen LogP contribution in [0, 0.1) is 6.92 Å². The van der Waals surface area contributed by atoms with E-state index in [9.17, 15) is 18.0 Å². The number of sulfonamides is 1. The molecular formula is C31H38ClN3O6S. The smallest absolute Gasteiger partial charge is 0.264 e. The highest BCUT2D eigenvalue weighted by Crippen LogP contribution is 2.34. The minimum absolute atomic E-state index is 0.0188. The van der Waals surface area contributed by atoms with E-state index in [0.717, 1.165) is 28.3 Å². The van der Waals surface area contributed by atoms with E-state index < -0.39 is 28.5 Å². The molecule has 3 aromatic rings. The van der Waals surface area contributed by atoms with Crippen LogP contribution in [0.15, 0.2) is 71.6 Å². The minimum atomic E-state index is -4.21. The maximum Gasteiger partial charge on any atom is 0.264 e. The Balaban J connectivity index is 2.05. The van der Waals surface area contributed by atoms with Crippen molar-refractivity contribution < 1.29 is 27.5 Å². The molecule has 0 aromatic heterocycles. The maximum atomic E-state index is 14.0. The molecule has 3 aromatic carbocycles. The molecule has 0 aliphatic rings. The van der Waals surface area contributed by atoms with Crippen LogP contribution < -0.4 is 19.1 Å². The highest BCUT2D eigenvalue weighted by atomic mass is 35.5. The van der Waals surface area contributed by atoms with Crippen molar-refractivity contribution in [1.29, 1.82) is 0 Å². The Bertz CT molecular complexity index is 1460. The fraction of sp³-hybridized carbons (Fsp3) is 0.355. The summed E-state index contributed by atoms with van der Waals surface area (Å²) >= 11 is 6.06. The van der Waals surface area contributed by atoms with Crippen molar-refractivity contribution in [3.63, 3.8) is 0 Å². The third-order valence-corrected chi connectivity index (χ3v) is 8.85. The number of amides is 2. The van der Waals surface area contributed by atoms with Crippen molar-refractivity contribution in [2.24, 2.45) is 0 Å². The summed E-state index contributed by atoms with van der Waals surface area (Å²) in [6.45, 7) is 5.48. The van der Waals surface area contributed by atoms with Gasteiger partial charge in [0.1, 0.15) is 12.6 Å². The minimum Gasteiger partial charge on any atom is -0.493 e. The van der Waals surface area contributed by atoms with Crippen LogP contribution in [0.25, 0.3) is 0 Å². The molecule has 0 spiro atoms. The number of unbranched alkanes of at least 4 members (excludes halogenated alkanes) is 1. The average molecular weight is 616 g/mol. The van der Waals surface area contributed by atoms with Gasteiger partial charge in [0.2, 0.25) is 11.8 Å². The van der Waals surface area contributed by atoms with Crippen LogP contribution in [0.1, 0.15) is 37.8 Å². The summed E-state index contributed by atoms with van der Waals surface area (Å²) in [6.07, 6.45) is 1.70. The van der Waals surface area contributed by atoms with Crippen molar-refractivity contribution in [2.75, 3.05) is 31.6 Å². The van der Waals surface area contributed by atoms with Crippen LogP contribution in [0.5, 0.6) is 11.5 Å². The van der Waals surface area contributed by atoms with E-state index in [1.54, 1.807) is 55.5 Å². The number of nitrogens with zero attached hydrogens (tertiary/aromatic N) is 2.